The van der Waals surface area contributed by atoms with Gasteiger partial charge in [-0.25, -0.2) is 9.67 Å². The van der Waals surface area contributed by atoms with E-state index in [2.05, 4.69) is 10.1 Å². The normalized spacial score (nSPS) is 10.2. The van der Waals surface area contributed by atoms with E-state index in [1.54, 1.807) is 17.1 Å². The molecule has 13 heavy (non-hydrogen) atoms. The van der Waals surface area contributed by atoms with E-state index in [0.717, 1.165) is 17.0 Å². The molecule has 0 saturated heterocycles. The third-order valence-electron chi connectivity index (χ3n) is 1.54. The Labute approximate surface area is 78.8 Å². The summed E-state index contributed by atoms with van der Waals surface area (Å²) in [5.41, 5.74) is 1.07. The Morgan fingerprint density at radius 2 is 2.38 bits per heavy atom. The minimum Gasteiger partial charge on any atom is -0.297 e. The molecule has 0 radical (unpaired) electrons. The van der Waals surface area contributed by atoms with Gasteiger partial charge < -0.3 is 0 Å². The number of nitrogens with zero attached hydrogens (tertiary/aromatic N) is 3. The smallest absolute Gasteiger partial charge is 0.210 e. The molecule has 4 nitrogen and oxygen atoms in total. The molecular formula is C8H7N3OS. The Kier molecular flexibility index (Phi) is 1.94. The number of aromatic nitrogens is 3. The maximum Gasteiger partial charge on any atom is 0.210 e. The summed E-state index contributed by atoms with van der Waals surface area (Å²) >= 11 is 1.32. The van der Waals surface area contributed by atoms with Gasteiger partial charge in [0.2, 0.25) is 5.13 Å². The molecule has 0 aliphatic carbocycles. The quantitative estimate of drug-likeness (QED) is 0.678. The first kappa shape index (κ1) is 8.12. The first-order valence-electron chi connectivity index (χ1n) is 3.72. The van der Waals surface area contributed by atoms with Gasteiger partial charge in [-0.15, -0.1) is 0 Å². The third-order valence-corrected chi connectivity index (χ3v) is 2.45. The second-order valence-electron chi connectivity index (χ2n) is 2.63. The Balaban J connectivity index is 2.40. The fraction of sp³-hybridized carbons (Fsp3) is 0.125. The number of aldehydes is 1. The number of carbonyl (C=O) groups excluding carboxylic acids is 1. The van der Waals surface area contributed by atoms with E-state index in [0.29, 0.717) is 4.88 Å². The van der Waals surface area contributed by atoms with Crippen LogP contribution in [0.15, 0.2) is 18.6 Å². The predicted molar refractivity (Wildman–Crippen MR) is 49.4 cm³/mol. The second-order valence-corrected chi connectivity index (χ2v) is 3.67. The van der Waals surface area contributed by atoms with Gasteiger partial charge in [-0.2, -0.15) is 5.10 Å². The van der Waals surface area contributed by atoms with Crippen molar-refractivity contribution in [2.75, 3.05) is 0 Å². The number of hydrogen-bond donors (Lipinski definition) is 0. The summed E-state index contributed by atoms with van der Waals surface area (Å²) in [6.07, 6.45) is 5.96. The zero-order valence-corrected chi connectivity index (χ0v) is 7.78. The highest BCUT2D eigenvalue weighted by atomic mass is 32.1. The molecule has 0 N–H and O–H groups in total. The van der Waals surface area contributed by atoms with Crippen LogP contribution in [0, 0.1) is 6.92 Å². The lowest BCUT2D eigenvalue weighted by Gasteiger charge is -1.90. The van der Waals surface area contributed by atoms with Gasteiger partial charge in [-0.05, 0) is 12.5 Å². The molecule has 0 bridgehead atoms. The molecule has 0 spiro atoms. The van der Waals surface area contributed by atoms with Gasteiger partial charge in [0.1, 0.15) is 0 Å². The lowest BCUT2D eigenvalue weighted by atomic mass is 10.4. The van der Waals surface area contributed by atoms with Crippen molar-refractivity contribution in [3.8, 4) is 5.13 Å². The maximum atomic E-state index is 10.4. The Hall–Kier alpha value is -1.49. The zero-order chi connectivity index (χ0) is 9.26. The van der Waals surface area contributed by atoms with Crippen molar-refractivity contribution < 1.29 is 4.79 Å². The molecule has 0 aliphatic rings. The standard InChI is InChI=1S/C8H7N3OS/c1-6-2-10-11(4-6)8-9-3-7(5-12)13-8/h2-5H,1H3. The van der Waals surface area contributed by atoms with Gasteiger partial charge in [0.05, 0.1) is 17.3 Å². The molecule has 2 rings (SSSR count). The summed E-state index contributed by atoms with van der Waals surface area (Å²) in [6, 6.07) is 0. The van der Waals surface area contributed by atoms with Crippen molar-refractivity contribution in [2.45, 2.75) is 6.92 Å². The van der Waals surface area contributed by atoms with Crippen LogP contribution in [0.25, 0.3) is 5.13 Å². The highest BCUT2D eigenvalue weighted by molar-refractivity contribution is 7.15. The van der Waals surface area contributed by atoms with E-state index in [4.69, 9.17) is 0 Å². The number of hydrogen-bond acceptors (Lipinski definition) is 4. The highest BCUT2D eigenvalue weighted by Crippen LogP contribution is 2.14. The Morgan fingerprint density at radius 1 is 1.54 bits per heavy atom. The number of thiazole rings is 1. The molecule has 0 atom stereocenters. The summed E-state index contributed by atoms with van der Waals surface area (Å²) in [4.78, 5) is 15.1. The van der Waals surface area contributed by atoms with Gasteiger partial charge in [-0.3, -0.25) is 4.79 Å². The zero-order valence-electron chi connectivity index (χ0n) is 6.97. The molecule has 0 unspecified atom stereocenters. The Bertz CT molecular complexity index is 432. The van der Waals surface area contributed by atoms with E-state index in [1.165, 1.54) is 11.3 Å². The van der Waals surface area contributed by atoms with Crippen LogP contribution >= 0.6 is 11.3 Å². The molecular weight excluding hydrogens is 186 g/mol. The molecule has 0 amide bonds. The summed E-state index contributed by atoms with van der Waals surface area (Å²) < 4.78 is 1.66. The maximum absolute atomic E-state index is 10.4. The lowest BCUT2D eigenvalue weighted by molar-refractivity contribution is 0.112. The summed E-state index contributed by atoms with van der Waals surface area (Å²) in [5.74, 6) is 0. The van der Waals surface area contributed by atoms with Gasteiger partial charge in [0, 0.05) is 6.20 Å². The number of carbonyl (C=O) groups is 1. The van der Waals surface area contributed by atoms with Crippen LogP contribution in [0.2, 0.25) is 0 Å². The van der Waals surface area contributed by atoms with Crippen molar-refractivity contribution in [1.82, 2.24) is 14.8 Å². The van der Waals surface area contributed by atoms with Crippen LogP contribution in [0.3, 0.4) is 0 Å². The molecule has 2 heterocycles. The van der Waals surface area contributed by atoms with Crippen LogP contribution in [-0.4, -0.2) is 21.1 Å². The van der Waals surface area contributed by atoms with Crippen LogP contribution < -0.4 is 0 Å². The first-order valence-corrected chi connectivity index (χ1v) is 4.54. The average Bonchev–Trinajstić information content (AvgIpc) is 2.71. The molecule has 2 aromatic rings. The third kappa shape index (κ3) is 1.50. The SMILES string of the molecule is Cc1cnn(-c2ncc(C=O)s2)c1. The number of aryl methyl sites for hydroxylation is 1. The van der Waals surface area contributed by atoms with Crippen molar-refractivity contribution in [1.29, 1.82) is 0 Å². The summed E-state index contributed by atoms with van der Waals surface area (Å²) in [5, 5.41) is 4.80. The van der Waals surface area contributed by atoms with Crippen molar-refractivity contribution in [2.24, 2.45) is 0 Å². The minimum atomic E-state index is 0.614. The van der Waals surface area contributed by atoms with Crippen LogP contribution in [-0.2, 0) is 0 Å². The largest absolute Gasteiger partial charge is 0.297 e. The molecule has 2 aromatic heterocycles. The van der Waals surface area contributed by atoms with E-state index >= 15 is 0 Å². The van der Waals surface area contributed by atoms with E-state index in [9.17, 15) is 4.79 Å². The molecule has 5 heteroatoms. The average molecular weight is 193 g/mol. The van der Waals surface area contributed by atoms with Gasteiger partial charge >= 0.3 is 0 Å². The van der Waals surface area contributed by atoms with Crippen LogP contribution in [0.5, 0.6) is 0 Å². The van der Waals surface area contributed by atoms with E-state index < -0.39 is 0 Å². The summed E-state index contributed by atoms with van der Waals surface area (Å²) in [7, 11) is 0. The number of rotatable bonds is 2. The molecule has 0 saturated carbocycles. The molecule has 0 aliphatic heterocycles. The van der Waals surface area contributed by atoms with Crippen LogP contribution in [0.4, 0.5) is 0 Å². The first-order chi connectivity index (χ1) is 6.29. The van der Waals surface area contributed by atoms with Crippen molar-refractivity contribution >= 4 is 17.6 Å². The second kappa shape index (κ2) is 3.10. The van der Waals surface area contributed by atoms with Crippen molar-refractivity contribution in [3.05, 3.63) is 29.0 Å². The van der Waals surface area contributed by atoms with E-state index in [-0.39, 0.29) is 0 Å². The minimum absolute atomic E-state index is 0.614. The van der Waals surface area contributed by atoms with Crippen molar-refractivity contribution in [3.63, 3.8) is 0 Å². The molecule has 0 fully saturated rings. The van der Waals surface area contributed by atoms with Crippen LogP contribution in [0.1, 0.15) is 15.2 Å². The highest BCUT2D eigenvalue weighted by Gasteiger charge is 2.03. The monoisotopic (exact) mass is 193 g/mol. The fourth-order valence-corrected chi connectivity index (χ4v) is 1.62. The summed E-state index contributed by atoms with van der Waals surface area (Å²) in [6.45, 7) is 1.96. The predicted octanol–water partition coefficient (Wildman–Crippen LogP) is 1.45. The fourth-order valence-electron chi connectivity index (χ4n) is 0.955. The van der Waals surface area contributed by atoms with E-state index in [1.807, 2.05) is 13.1 Å². The Morgan fingerprint density at radius 3 is 2.92 bits per heavy atom. The molecule has 0 aromatic carbocycles. The van der Waals surface area contributed by atoms with Gasteiger partial charge in [0.25, 0.3) is 0 Å². The lowest BCUT2D eigenvalue weighted by Crippen LogP contribution is -1.91. The van der Waals surface area contributed by atoms with Gasteiger partial charge in [-0.1, -0.05) is 11.3 Å². The molecule has 66 valence electrons. The topological polar surface area (TPSA) is 47.8 Å². The van der Waals surface area contributed by atoms with Gasteiger partial charge in [0.15, 0.2) is 6.29 Å².